The lowest BCUT2D eigenvalue weighted by Crippen LogP contribution is -2.19. The van der Waals surface area contributed by atoms with Crippen LogP contribution in [0.2, 0.25) is 5.02 Å². The standard InChI is InChI=1S/C17H16BrClN2OS/c1-12(13-2-4-14(18)5-3-13)20-21-17(22)10-11-23-16-8-6-15(19)7-9-16/h2-9H,10-11H2,1H3,(H,21,22)/b20-12-. The maximum atomic E-state index is 11.8. The van der Waals surface area contributed by atoms with Crippen molar-refractivity contribution >= 4 is 50.9 Å². The molecule has 0 heterocycles. The van der Waals surface area contributed by atoms with Crippen molar-refractivity contribution in [3.63, 3.8) is 0 Å². The molecule has 0 saturated carbocycles. The Hall–Kier alpha value is -1.30. The van der Waals surface area contributed by atoms with Crippen molar-refractivity contribution in [3.8, 4) is 0 Å². The summed E-state index contributed by atoms with van der Waals surface area (Å²) in [6.07, 6.45) is 0.407. The number of halogens is 2. The molecule has 3 nitrogen and oxygen atoms in total. The summed E-state index contributed by atoms with van der Waals surface area (Å²) in [5.74, 6) is 0.600. The van der Waals surface area contributed by atoms with Crippen molar-refractivity contribution in [2.24, 2.45) is 5.10 Å². The fourth-order valence-corrected chi connectivity index (χ4v) is 2.99. The van der Waals surface area contributed by atoms with Gasteiger partial charge in [-0.05, 0) is 48.9 Å². The van der Waals surface area contributed by atoms with Crippen LogP contribution in [0.15, 0.2) is 63.0 Å². The molecule has 2 rings (SSSR count). The molecule has 1 N–H and O–H groups in total. The normalized spacial score (nSPS) is 11.3. The van der Waals surface area contributed by atoms with Gasteiger partial charge in [0.15, 0.2) is 0 Å². The van der Waals surface area contributed by atoms with Gasteiger partial charge >= 0.3 is 0 Å². The third-order valence-electron chi connectivity index (χ3n) is 3.02. The molecule has 0 radical (unpaired) electrons. The van der Waals surface area contributed by atoms with E-state index in [9.17, 15) is 4.79 Å². The summed E-state index contributed by atoms with van der Waals surface area (Å²) in [4.78, 5) is 12.9. The molecule has 0 saturated heterocycles. The van der Waals surface area contributed by atoms with Gasteiger partial charge in [-0.15, -0.1) is 11.8 Å². The fourth-order valence-electron chi connectivity index (χ4n) is 1.75. The predicted molar refractivity (Wildman–Crippen MR) is 101 cm³/mol. The van der Waals surface area contributed by atoms with Gasteiger partial charge in [0.25, 0.3) is 0 Å². The molecule has 0 unspecified atom stereocenters. The van der Waals surface area contributed by atoms with Crippen molar-refractivity contribution < 1.29 is 4.79 Å². The van der Waals surface area contributed by atoms with Gasteiger partial charge in [-0.2, -0.15) is 5.10 Å². The van der Waals surface area contributed by atoms with E-state index in [0.717, 1.165) is 20.6 Å². The third kappa shape index (κ3) is 6.37. The number of hydrogen-bond donors (Lipinski definition) is 1. The zero-order valence-corrected chi connectivity index (χ0v) is 15.7. The molecule has 0 aromatic heterocycles. The molecule has 120 valence electrons. The Morgan fingerprint density at radius 3 is 2.48 bits per heavy atom. The summed E-state index contributed by atoms with van der Waals surface area (Å²) >= 11 is 10.8. The lowest BCUT2D eigenvalue weighted by atomic mass is 10.1. The second-order valence-electron chi connectivity index (χ2n) is 4.79. The van der Waals surface area contributed by atoms with Crippen LogP contribution in [0.25, 0.3) is 0 Å². The first kappa shape index (κ1) is 18.0. The molecule has 0 aliphatic heterocycles. The quantitative estimate of drug-likeness (QED) is 0.407. The second-order valence-corrected chi connectivity index (χ2v) is 7.31. The molecule has 0 bridgehead atoms. The number of rotatable bonds is 6. The molecule has 0 spiro atoms. The highest BCUT2D eigenvalue weighted by molar-refractivity contribution is 9.10. The van der Waals surface area contributed by atoms with Crippen LogP contribution in [0.4, 0.5) is 0 Å². The Bertz CT molecular complexity index is 687. The van der Waals surface area contributed by atoms with E-state index in [1.807, 2.05) is 55.5 Å². The van der Waals surface area contributed by atoms with E-state index in [-0.39, 0.29) is 5.91 Å². The van der Waals surface area contributed by atoms with Crippen LogP contribution in [0.3, 0.4) is 0 Å². The molecule has 0 aliphatic rings. The molecule has 1 amide bonds. The smallest absolute Gasteiger partial charge is 0.240 e. The van der Waals surface area contributed by atoms with Gasteiger partial charge < -0.3 is 0 Å². The van der Waals surface area contributed by atoms with Crippen LogP contribution in [0, 0.1) is 0 Å². The van der Waals surface area contributed by atoms with Gasteiger partial charge in [0.1, 0.15) is 0 Å². The number of hydrazone groups is 1. The Morgan fingerprint density at radius 1 is 1.17 bits per heavy atom. The number of hydrogen-bond acceptors (Lipinski definition) is 3. The Morgan fingerprint density at radius 2 is 1.83 bits per heavy atom. The zero-order valence-electron chi connectivity index (χ0n) is 12.6. The summed E-state index contributed by atoms with van der Waals surface area (Å²) in [7, 11) is 0. The SMILES string of the molecule is C/C(=N/NC(=O)CCSc1ccc(Cl)cc1)c1ccc(Br)cc1. The predicted octanol–water partition coefficient (Wildman–Crippen LogP) is 5.13. The molecular weight excluding hydrogens is 396 g/mol. The Balaban J connectivity index is 1.77. The van der Waals surface area contributed by atoms with Crippen molar-refractivity contribution in [3.05, 3.63) is 63.6 Å². The number of nitrogens with zero attached hydrogens (tertiary/aromatic N) is 1. The highest BCUT2D eigenvalue weighted by atomic mass is 79.9. The van der Waals surface area contributed by atoms with E-state index in [0.29, 0.717) is 17.2 Å². The minimum Gasteiger partial charge on any atom is -0.273 e. The number of benzene rings is 2. The van der Waals surface area contributed by atoms with Gasteiger partial charge in [0.05, 0.1) is 5.71 Å². The Kier molecular flexibility index (Phi) is 7.15. The highest BCUT2D eigenvalue weighted by Crippen LogP contribution is 2.20. The first-order chi connectivity index (χ1) is 11.0. The van der Waals surface area contributed by atoms with Crippen LogP contribution in [-0.2, 0) is 4.79 Å². The van der Waals surface area contributed by atoms with Crippen LogP contribution < -0.4 is 5.43 Å². The lowest BCUT2D eigenvalue weighted by Gasteiger charge is -2.04. The largest absolute Gasteiger partial charge is 0.273 e. The molecule has 23 heavy (non-hydrogen) atoms. The van der Waals surface area contributed by atoms with E-state index in [4.69, 9.17) is 11.6 Å². The van der Waals surface area contributed by atoms with E-state index < -0.39 is 0 Å². The molecule has 6 heteroatoms. The monoisotopic (exact) mass is 410 g/mol. The van der Waals surface area contributed by atoms with Crippen LogP contribution in [0.5, 0.6) is 0 Å². The van der Waals surface area contributed by atoms with Crippen molar-refractivity contribution in [2.45, 2.75) is 18.2 Å². The van der Waals surface area contributed by atoms with Gasteiger partial charge in [0.2, 0.25) is 5.91 Å². The number of carbonyl (C=O) groups is 1. The lowest BCUT2D eigenvalue weighted by molar-refractivity contribution is -0.120. The van der Waals surface area contributed by atoms with Crippen molar-refractivity contribution in [2.75, 3.05) is 5.75 Å². The van der Waals surface area contributed by atoms with E-state index >= 15 is 0 Å². The number of amides is 1. The molecule has 0 atom stereocenters. The number of nitrogens with one attached hydrogen (secondary N) is 1. The molecule has 0 aliphatic carbocycles. The van der Waals surface area contributed by atoms with E-state index in [1.165, 1.54) is 0 Å². The number of carbonyl (C=O) groups excluding carboxylic acids is 1. The average Bonchev–Trinajstić information content (AvgIpc) is 2.55. The Labute approximate surface area is 153 Å². The van der Waals surface area contributed by atoms with E-state index in [2.05, 4.69) is 26.5 Å². The molecular formula is C17H16BrClN2OS. The minimum atomic E-state index is -0.0945. The summed E-state index contributed by atoms with van der Waals surface area (Å²) in [5.41, 5.74) is 4.34. The summed E-state index contributed by atoms with van der Waals surface area (Å²) in [6.45, 7) is 1.87. The molecule has 2 aromatic rings. The third-order valence-corrected chi connectivity index (χ3v) is 4.82. The van der Waals surface area contributed by atoms with Crippen LogP contribution >= 0.6 is 39.3 Å². The van der Waals surface area contributed by atoms with Gasteiger partial charge in [-0.1, -0.05) is 39.7 Å². The first-order valence-corrected chi connectivity index (χ1v) is 9.17. The van der Waals surface area contributed by atoms with Crippen LogP contribution in [0.1, 0.15) is 18.9 Å². The summed E-state index contributed by atoms with van der Waals surface area (Å²) in [5, 5.41) is 4.85. The average molecular weight is 412 g/mol. The molecule has 0 fully saturated rings. The number of thioether (sulfide) groups is 1. The van der Waals surface area contributed by atoms with Crippen molar-refractivity contribution in [1.82, 2.24) is 5.43 Å². The maximum Gasteiger partial charge on any atom is 0.240 e. The summed E-state index contributed by atoms with van der Waals surface area (Å²) < 4.78 is 1.01. The first-order valence-electron chi connectivity index (χ1n) is 7.02. The zero-order chi connectivity index (χ0) is 16.7. The minimum absolute atomic E-state index is 0.0945. The van der Waals surface area contributed by atoms with Gasteiger partial charge in [-0.3, -0.25) is 4.79 Å². The molecule has 2 aromatic carbocycles. The van der Waals surface area contributed by atoms with Gasteiger partial charge in [-0.25, -0.2) is 5.43 Å². The van der Waals surface area contributed by atoms with Crippen LogP contribution in [-0.4, -0.2) is 17.4 Å². The van der Waals surface area contributed by atoms with Crippen molar-refractivity contribution in [1.29, 1.82) is 0 Å². The highest BCUT2D eigenvalue weighted by Gasteiger charge is 2.03. The topological polar surface area (TPSA) is 41.5 Å². The summed E-state index contributed by atoms with van der Waals surface area (Å²) in [6, 6.07) is 15.4. The van der Waals surface area contributed by atoms with Gasteiger partial charge in [0, 0.05) is 26.6 Å². The maximum absolute atomic E-state index is 11.8. The second kappa shape index (κ2) is 9.11. The van der Waals surface area contributed by atoms with E-state index in [1.54, 1.807) is 11.8 Å². The fraction of sp³-hybridized carbons (Fsp3) is 0.176.